The van der Waals surface area contributed by atoms with Crippen molar-refractivity contribution >= 4 is 44.6 Å². The molecule has 2 amide bonds. The average Bonchev–Trinajstić information content (AvgIpc) is 3.05. The number of aromatic hydroxyl groups is 1. The van der Waals surface area contributed by atoms with Gasteiger partial charge in [0, 0.05) is 24.0 Å². The second-order valence-corrected chi connectivity index (χ2v) is 14.5. The third-order valence-electron chi connectivity index (χ3n) is 8.16. The number of aromatic nitrogens is 1. The molecule has 8 nitrogen and oxygen atoms in total. The first-order chi connectivity index (χ1) is 22.1. The third-order valence-corrected chi connectivity index (χ3v) is 10.5. The number of nitrogens with one attached hydrogen (secondary N) is 2. The van der Waals surface area contributed by atoms with Crippen LogP contribution in [0, 0.1) is 0 Å². The van der Waals surface area contributed by atoms with E-state index in [9.17, 15) is 23.1 Å². The van der Waals surface area contributed by atoms with Crippen molar-refractivity contribution in [3.8, 4) is 5.75 Å². The van der Waals surface area contributed by atoms with Gasteiger partial charge in [-0.1, -0.05) is 108 Å². The van der Waals surface area contributed by atoms with E-state index in [1.807, 2.05) is 6.07 Å². The van der Waals surface area contributed by atoms with Gasteiger partial charge in [0.1, 0.15) is 11.0 Å². The van der Waals surface area contributed by atoms with E-state index >= 15 is 0 Å². The number of phenols is 1. The molecule has 2 aromatic carbocycles. The van der Waals surface area contributed by atoms with Crippen LogP contribution in [0.25, 0.3) is 0 Å². The van der Waals surface area contributed by atoms with Crippen molar-refractivity contribution in [2.45, 2.75) is 114 Å². The van der Waals surface area contributed by atoms with E-state index in [0.29, 0.717) is 5.56 Å². The number of rotatable bonds is 20. The molecule has 1 aromatic heterocycles. The molecule has 0 radical (unpaired) electrons. The van der Waals surface area contributed by atoms with Gasteiger partial charge in [0.15, 0.2) is 9.84 Å². The Bertz CT molecular complexity index is 1520. The average molecular weight is 670 g/mol. The number of hydrogen-bond donors (Lipinski definition) is 3. The molecule has 1 atom stereocenters. The van der Waals surface area contributed by atoms with Gasteiger partial charge in [0.05, 0.1) is 21.3 Å². The monoisotopic (exact) mass is 669 g/mol. The predicted molar refractivity (Wildman–Crippen MR) is 186 cm³/mol. The number of hydrogen-bond acceptors (Lipinski definition) is 6. The summed E-state index contributed by atoms with van der Waals surface area (Å²) in [6.07, 6.45) is 20.2. The van der Waals surface area contributed by atoms with Crippen molar-refractivity contribution in [2.24, 2.45) is 0 Å². The lowest BCUT2D eigenvalue weighted by atomic mass is 10.0. The number of carbonyl (C=O) groups excluding carboxylic acids is 2. The summed E-state index contributed by atoms with van der Waals surface area (Å²) >= 11 is 6.32. The lowest BCUT2D eigenvalue weighted by Gasteiger charge is -2.16. The van der Waals surface area contributed by atoms with Crippen LogP contribution in [0.15, 0.2) is 65.8 Å². The summed E-state index contributed by atoms with van der Waals surface area (Å²) in [6.45, 7) is 3.57. The summed E-state index contributed by atoms with van der Waals surface area (Å²) in [5.74, 6) is -1.63. The van der Waals surface area contributed by atoms with Gasteiger partial charge < -0.3 is 15.7 Å². The smallest absolute Gasteiger partial charge is 0.255 e. The van der Waals surface area contributed by atoms with Crippen LogP contribution in [0.1, 0.15) is 113 Å². The van der Waals surface area contributed by atoms with Crippen LogP contribution in [-0.4, -0.2) is 35.6 Å². The fraction of sp³-hybridized carbons (Fsp3) is 0.472. The molecule has 10 heteroatoms. The Hall–Kier alpha value is -3.43. The zero-order chi connectivity index (χ0) is 33.4. The number of unbranched alkanes of at least 4 members (excludes halogenated alkanes) is 12. The van der Waals surface area contributed by atoms with E-state index in [-0.39, 0.29) is 27.0 Å². The molecule has 0 spiro atoms. The summed E-state index contributed by atoms with van der Waals surface area (Å²) in [6, 6.07) is 12.3. The molecule has 0 aliphatic heterocycles. The number of sulfone groups is 1. The number of benzene rings is 2. The Labute approximate surface area is 279 Å². The van der Waals surface area contributed by atoms with E-state index in [1.165, 1.54) is 114 Å². The first-order valence-corrected chi connectivity index (χ1v) is 18.4. The van der Waals surface area contributed by atoms with Crippen LogP contribution in [0.5, 0.6) is 5.75 Å². The molecule has 46 heavy (non-hydrogen) atoms. The van der Waals surface area contributed by atoms with Crippen LogP contribution >= 0.6 is 11.6 Å². The molecule has 0 fully saturated rings. The van der Waals surface area contributed by atoms with Crippen LogP contribution in [0.4, 0.5) is 11.4 Å². The minimum absolute atomic E-state index is 0.0144. The number of aryl methyl sites for hydroxylation is 1. The maximum absolute atomic E-state index is 13.4. The van der Waals surface area contributed by atoms with Gasteiger partial charge in [0.2, 0.25) is 5.91 Å². The molecule has 0 bridgehead atoms. The SMILES string of the molecule is CCCCCCCCCCCCCCCc1cccc(S(=O)(=O)C(C)C(=O)Nc2cc(O)c(NC(=O)c3ccncc3)cc2Cl)c1. The first-order valence-electron chi connectivity index (χ1n) is 16.5. The quantitative estimate of drug-likeness (QED) is 0.0814. The highest BCUT2D eigenvalue weighted by Crippen LogP contribution is 2.34. The Morgan fingerprint density at radius 1 is 0.804 bits per heavy atom. The van der Waals surface area contributed by atoms with E-state index < -0.39 is 26.9 Å². The summed E-state index contributed by atoms with van der Waals surface area (Å²) in [7, 11) is -4.00. The van der Waals surface area contributed by atoms with Crippen molar-refractivity contribution in [3.63, 3.8) is 0 Å². The summed E-state index contributed by atoms with van der Waals surface area (Å²) in [5, 5.41) is 14.1. The number of halogens is 1. The standard InChI is InChI=1S/C36H48ClN3O5S/c1-3-4-5-6-7-8-9-10-11-12-13-14-15-17-28-18-16-19-30(24-28)46(44,45)27(2)35(42)39-32-26-34(41)33(25-31(32)37)40-36(43)29-20-22-38-23-21-29/h16,18-27,41H,3-15,17H2,1-2H3,(H,39,42)(H,40,43). The van der Waals surface area contributed by atoms with E-state index in [4.69, 9.17) is 11.6 Å². The van der Waals surface area contributed by atoms with Crippen molar-refractivity contribution in [1.29, 1.82) is 0 Å². The topological polar surface area (TPSA) is 125 Å². The Kier molecular flexibility index (Phi) is 15.5. The van der Waals surface area contributed by atoms with E-state index in [1.54, 1.807) is 12.1 Å². The zero-order valence-electron chi connectivity index (χ0n) is 27.1. The van der Waals surface area contributed by atoms with Crippen LogP contribution in [0.2, 0.25) is 5.02 Å². The minimum atomic E-state index is -4.00. The van der Waals surface area contributed by atoms with Crippen LogP contribution in [-0.2, 0) is 21.1 Å². The highest BCUT2D eigenvalue weighted by atomic mass is 35.5. The molecule has 1 heterocycles. The van der Waals surface area contributed by atoms with Crippen LogP contribution in [0.3, 0.4) is 0 Å². The van der Waals surface area contributed by atoms with Crippen LogP contribution < -0.4 is 10.6 Å². The molecular weight excluding hydrogens is 622 g/mol. The van der Waals surface area contributed by atoms with Gasteiger partial charge in [-0.05, 0) is 55.7 Å². The molecule has 250 valence electrons. The molecule has 3 aromatic rings. The molecule has 0 aliphatic rings. The number of nitrogens with zero attached hydrogens (tertiary/aromatic N) is 1. The van der Waals surface area contributed by atoms with Gasteiger partial charge in [0.25, 0.3) is 5.91 Å². The minimum Gasteiger partial charge on any atom is -0.506 e. The fourth-order valence-electron chi connectivity index (χ4n) is 5.26. The maximum Gasteiger partial charge on any atom is 0.255 e. The van der Waals surface area contributed by atoms with Gasteiger partial charge >= 0.3 is 0 Å². The van der Waals surface area contributed by atoms with Gasteiger partial charge in [-0.3, -0.25) is 14.6 Å². The summed E-state index contributed by atoms with van der Waals surface area (Å²) in [5.41, 5.74) is 1.31. The van der Waals surface area contributed by atoms with Gasteiger partial charge in [-0.2, -0.15) is 0 Å². The second-order valence-electron chi connectivity index (χ2n) is 11.9. The molecule has 0 saturated heterocycles. The molecule has 0 saturated carbocycles. The number of phenolic OH excluding ortho intramolecular Hbond substituents is 1. The maximum atomic E-state index is 13.4. The number of anilines is 2. The lowest BCUT2D eigenvalue weighted by Crippen LogP contribution is -2.32. The van der Waals surface area contributed by atoms with Crippen molar-refractivity contribution in [2.75, 3.05) is 10.6 Å². The van der Waals surface area contributed by atoms with E-state index in [2.05, 4.69) is 22.5 Å². The summed E-state index contributed by atoms with van der Waals surface area (Å²) < 4.78 is 26.7. The number of carbonyl (C=O) groups is 2. The zero-order valence-corrected chi connectivity index (χ0v) is 28.6. The predicted octanol–water partition coefficient (Wildman–Crippen LogP) is 9.13. The summed E-state index contributed by atoms with van der Waals surface area (Å²) in [4.78, 5) is 29.4. The number of amides is 2. The Morgan fingerprint density at radius 3 is 2.00 bits per heavy atom. The number of pyridine rings is 1. The Morgan fingerprint density at radius 2 is 1.39 bits per heavy atom. The van der Waals surface area contributed by atoms with Crippen molar-refractivity contribution < 1.29 is 23.1 Å². The van der Waals surface area contributed by atoms with Gasteiger partial charge in [-0.15, -0.1) is 0 Å². The van der Waals surface area contributed by atoms with E-state index in [0.717, 1.165) is 30.9 Å². The fourth-order valence-corrected chi connectivity index (χ4v) is 6.80. The van der Waals surface area contributed by atoms with Crippen molar-refractivity contribution in [1.82, 2.24) is 4.98 Å². The normalized spacial score (nSPS) is 12.1. The molecule has 3 rings (SSSR count). The highest BCUT2D eigenvalue weighted by Gasteiger charge is 2.30. The molecule has 1 unspecified atom stereocenters. The third kappa shape index (κ3) is 11.7. The van der Waals surface area contributed by atoms with Crippen molar-refractivity contribution in [3.05, 3.63) is 77.1 Å². The second kappa shape index (κ2) is 19.3. The molecule has 0 aliphatic carbocycles. The van der Waals surface area contributed by atoms with Gasteiger partial charge in [-0.25, -0.2) is 8.42 Å². The molecular formula is C36H48ClN3O5S. The lowest BCUT2D eigenvalue weighted by molar-refractivity contribution is -0.115. The first kappa shape index (κ1) is 37.0. The molecule has 3 N–H and O–H groups in total. The Balaban J connectivity index is 1.46. The largest absolute Gasteiger partial charge is 0.506 e. The highest BCUT2D eigenvalue weighted by molar-refractivity contribution is 7.92.